The van der Waals surface area contributed by atoms with Gasteiger partial charge in [-0.2, -0.15) is 24.7 Å². The van der Waals surface area contributed by atoms with Crippen LogP contribution in [0, 0.1) is 0 Å². The highest BCUT2D eigenvalue weighted by Crippen LogP contribution is 2.25. The molecular formula is C13H18ClN7. The Labute approximate surface area is 128 Å². The Kier molecular flexibility index (Phi) is 4.28. The third-order valence-corrected chi connectivity index (χ3v) is 3.99. The molecule has 2 aromatic heterocycles. The van der Waals surface area contributed by atoms with E-state index < -0.39 is 0 Å². The van der Waals surface area contributed by atoms with Gasteiger partial charge in [0.25, 0.3) is 5.95 Å². The number of halogens is 1. The maximum Gasteiger partial charge on any atom is 0.258 e. The number of anilines is 1. The van der Waals surface area contributed by atoms with Crippen LogP contribution in [0.1, 0.15) is 39.0 Å². The van der Waals surface area contributed by atoms with Gasteiger partial charge in [0.2, 0.25) is 11.2 Å². The van der Waals surface area contributed by atoms with Crippen molar-refractivity contribution in [3.05, 3.63) is 17.9 Å². The third-order valence-electron chi connectivity index (χ3n) is 3.82. The molecule has 0 radical (unpaired) electrons. The van der Waals surface area contributed by atoms with E-state index in [0.29, 0.717) is 17.9 Å². The van der Waals surface area contributed by atoms with Crippen molar-refractivity contribution < 1.29 is 0 Å². The molecule has 112 valence electrons. The van der Waals surface area contributed by atoms with Crippen LogP contribution in [0.2, 0.25) is 5.28 Å². The van der Waals surface area contributed by atoms with Gasteiger partial charge in [0.15, 0.2) is 0 Å². The zero-order valence-electron chi connectivity index (χ0n) is 12.0. The maximum atomic E-state index is 6.06. The van der Waals surface area contributed by atoms with Crippen LogP contribution in [-0.4, -0.2) is 42.3 Å². The highest BCUT2D eigenvalue weighted by Gasteiger charge is 2.23. The van der Waals surface area contributed by atoms with E-state index in [-0.39, 0.29) is 5.28 Å². The molecule has 2 heterocycles. The Morgan fingerprint density at radius 3 is 2.71 bits per heavy atom. The summed E-state index contributed by atoms with van der Waals surface area (Å²) >= 11 is 6.06. The van der Waals surface area contributed by atoms with Crippen molar-refractivity contribution in [2.75, 3.05) is 11.4 Å². The van der Waals surface area contributed by atoms with Crippen molar-refractivity contribution in [3.8, 4) is 5.95 Å². The van der Waals surface area contributed by atoms with Crippen molar-refractivity contribution in [3.63, 3.8) is 0 Å². The molecule has 1 fully saturated rings. The maximum absolute atomic E-state index is 6.06. The number of nitrogens with zero attached hydrogens (tertiary/aromatic N) is 7. The molecule has 1 saturated carbocycles. The fraction of sp³-hybridized carbons (Fsp3) is 0.615. The zero-order valence-corrected chi connectivity index (χ0v) is 12.7. The first-order valence-corrected chi connectivity index (χ1v) is 7.69. The molecule has 0 N–H and O–H groups in total. The van der Waals surface area contributed by atoms with Crippen LogP contribution in [0.4, 0.5) is 5.95 Å². The molecule has 7 nitrogen and oxygen atoms in total. The average molecular weight is 308 g/mol. The topological polar surface area (TPSA) is 72.6 Å². The van der Waals surface area contributed by atoms with Crippen LogP contribution in [0.25, 0.3) is 5.95 Å². The van der Waals surface area contributed by atoms with Gasteiger partial charge in [-0.05, 0) is 31.4 Å². The Bertz CT molecular complexity index is 580. The monoisotopic (exact) mass is 307 g/mol. The number of aromatic nitrogens is 6. The fourth-order valence-electron chi connectivity index (χ4n) is 2.83. The largest absolute Gasteiger partial charge is 0.338 e. The second kappa shape index (κ2) is 6.34. The third kappa shape index (κ3) is 3.12. The summed E-state index contributed by atoms with van der Waals surface area (Å²) in [6.45, 7) is 2.96. The molecule has 0 saturated heterocycles. The summed E-state index contributed by atoms with van der Waals surface area (Å²) in [6.07, 6.45) is 9.18. The van der Waals surface area contributed by atoms with E-state index in [1.165, 1.54) is 43.1 Å². The standard InChI is InChI=1S/C13H18ClN7/c1-2-20(10-6-4-3-5-7-10)12-17-11(14)18-13(19-12)21-9-15-8-16-21/h8-10H,2-7H2,1H3. The summed E-state index contributed by atoms with van der Waals surface area (Å²) in [4.78, 5) is 19.0. The van der Waals surface area contributed by atoms with E-state index in [9.17, 15) is 0 Å². The van der Waals surface area contributed by atoms with Gasteiger partial charge < -0.3 is 4.90 Å². The van der Waals surface area contributed by atoms with E-state index >= 15 is 0 Å². The Hall–Kier alpha value is -1.76. The summed E-state index contributed by atoms with van der Waals surface area (Å²) in [5.41, 5.74) is 0. The van der Waals surface area contributed by atoms with Gasteiger partial charge in [-0.15, -0.1) is 0 Å². The van der Waals surface area contributed by atoms with E-state index in [1.54, 1.807) is 6.33 Å². The molecule has 21 heavy (non-hydrogen) atoms. The van der Waals surface area contributed by atoms with Crippen LogP contribution in [-0.2, 0) is 0 Å². The number of hydrogen-bond donors (Lipinski definition) is 0. The van der Waals surface area contributed by atoms with Gasteiger partial charge in [0, 0.05) is 12.6 Å². The lowest BCUT2D eigenvalue weighted by Crippen LogP contribution is -2.38. The van der Waals surface area contributed by atoms with Crippen LogP contribution >= 0.6 is 11.6 Å². The zero-order chi connectivity index (χ0) is 14.7. The molecule has 0 unspecified atom stereocenters. The van der Waals surface area contributed by atoms with Gasteiger partial charge in [-0.3, -0.25) is 0 Å². The van der Waals surface area contributed by atoms with Crippen molar-refractivity contribution in [2.45, 2.75) is 45.1 Å². The SMILES string of the molecule is CCN(c1nc(Cl)nc(-n2cncn2)n1)C1CCCCC1. The minimum atomic E-state index is 0.180. The molecule has 3 rings (SSSR count). The van der Waals surface area contributed by atoms with E-state index in [2.05, 4.69) is 36.9 Å². The molecule has 1 aliphatic rings. The molecule has 0 aromatic carbocycles. The molecular weight excluding hydrogens is 290 g/mol. The normalized spacial score (nSPS) is 16.1. The van der Waals surface area contributed by atoms with Gasteiger partial charge in [0.1, 0.15) is 12.7 Å². The molecule has 0 amide bonds. The van der Waals surface area contributed by atoms with Crippen molar-refractivity contribution in [1.82, 2.24) is 29.7 Å². The second-order valence-corrected chi connectivity index (χ2v) is 5.46. The van der Waals surface area contributed by atoms with Crippen LogP contribution in [0.3, 0.4) is 0 Å². The van der Waals surface area contributed by atoms with Crippen LogP contribution < -0.4 is 4.90 Å². The molecule has 0 spiro atoms. The minimum absolute atomic E-state index is 0.180. The molecule has 1 aliphatic carbocycles. The summed E-state index contributed by atoms with van der Waals surface area (Å²) < 4.78 is 1.49. The lowest BCUT2D eigenvalue weighted by Gasteiger charge is -2.33. The lowest BCUT2D eigenvalue weighted by molar-refractivity contribution is 0.414. The fourth-order valence-corrected chi connectivity index (χ4v) is 2.98. The van der Waals surface area contributed by atoms with E-state index in [4.69, 9.17) is 11.6 Å². The predicted molar refractivity (Wildman–Crippen MR) is 79.6 cm³/mol. The number of hydrogen-bond acceptors (Lipinski definition) is 6. The lowest BCUT2D eigenvalue weighted by atomic mass is 9.94. The quantitative estimate of drug-likeness (QED) is 0.862. The predicted octanol–water partition coefficient (Wildman–Crippen LogP) is 2.26. The van der Waals surface area contributed by atoms with Crippen molar-refractivity contribution in [1.29, 1.82) is 0 Å². The highest BCUT2D eigenvalue weighted by molar-refractivity contribution is 6.28. The van der Waals surface area contributed by atoms with Gasteiger partial charge >= 0.3 is 0 Å². The molecule has 0 bridgehead atoms. The summed E-state index contributed by atoms with van der Waals surface area (Å²) in [6, 6.07) is 0.478. The van der Waals surface area contributed by atoms with Gasteiger partial charge in [-0.25, -0.2) is 4.98 Å². The highest BCUT2D eigenvalue weighted by atomic mass is 35.5. The van der Waals surface area contributed by atoms with Gasteiger partial charge in [0.05, 0.1) is 0 Å². The summed E-state index contributed by atoms with van der Waals surface area (Å²) in [5, 5.41) is 4.22. The molecule has 8 heteroatoms. The van der Waals surface area contributed by atoms with Crippen molar-refractivity contribution in [2.24, 2.45) is 0 Å². The minimum Gasteiger partial charge on any atom is -0.338 e. The van der Waals surface area contributed by atoms with Crippen molar-refractivity contribution >= 4 is 17.5 Å². The Morgan fingerprint density at radius 2 is 2.05 bits per heavy atom. The Balaban J connectivity index is 1.92. The first-order chi connectivity index (χ1) is 10.3. The average Bonchev–Trinajstić information content (AvgIpc) is 3.03. The van der Waals surface area contributed by atoms with Crippen LogP contribution in [0.5, 0.6) is 0 Å². The molecule has 0 aliphatic heterocycles. The smallest absolute Gasteiger partial charge is 0.258 e. The first kappa shape index (κ1) is 14.2. The molecule has 2 aromatic rings. The Morgan fingerprint density at radius 1 is 1.24 bits per heavy atom. The summed E-state index contributed by atoms with van der Waals surface area (Å²) in [5.74, 6) is 1.02. The van der Waals surface area contributed by atoms with E-state index in [0.717, 1.165) is 6.54 Å². The molecule has 0 atom stereocenters. The first-order valence-electron chi connectivity index (χ1n) is 7.31. The number of rotatable bonds is 4. The van der Waals surface area contributed by atoms with Gasteiger partial charge in [-0.1, -0.05) is 19.3 Å². The van der Waals surface area contributed by atoms with Crippen LogP contribution in [0.15, 0.2) is 12.7 Å². The summed E-state index contributed by atoms with van der Waals surface area (Å²) in [7, 11) is 0. The second-order valence-electron chi connectivity index (χ2n) is 5.12. The van der Waals surface area contributed by atoms with E-state index in [1.807, 2.05) is 0 Å².